The van der Waals surface area contributed by atoms with E-state index in [2.05, 4.69) is 15.9 Å². The van der Waals surface area contributed by atoms with Crippen molar-refractivity contribution in [1.82, 2.24) is 0 Å². The maximum absolute atomic E-state index is 8.60. The molecule has 0 aromatic rings. The number of hydrogen-bond donors (Lipinski definition) is 0. The molecule has 0 aliphatic carbocycles. The molecule has 0 heterocycles. The molecular weight excluding hydrogens is 214 g/mol. The minimum absolute atomic E-state index is 0. The SMILES string of the molecule is O=[C-]Br.[Pd]. The Morgan fingerprint density at radius 1 is 1.75 bits per heavy atom. The van der Waals surface area contributed by atoms with Crippen LogP contribution < -0.4 is 0 Å². The molecule has 4 heavy (non-hydrogen) atoms. The van der Waals surface area contributed by atoms with Crippen LogP contribution in [0.25, 0.3) is 0 Å². The first kappa shape index (κ1) is 8.84. The molecule has 0 aromatic heterocycles. The second kappa shape index (κ2) is 9.18. The van der Waals surface area contributed by atoms with Gasteiger partial charge >= 0.3 is 0 Å². The van der Waals surface area contributed by atoms with E-state index in [1.54, 1.807) is 0 Å². The Balaban J connectivity index is 0. The van der Waals surface area contributed by atoms with Gasteiger partial charge in [-0.05, 0) is 0 Å². The average molecular weight is 214 g/mol. The molecule has 0 spiro atoms. The second-order valence-corrected chi connectivity index (χ2v) is 0.401. The van der Waals surface area contributed by atoms with E-state index >= 15 is 0 Å². The molecule has 0 saturated carbocycles. The van der Waals surface area contributed by atoms with Crippen LogP contribution in [0.1, 0.15) is 0 Å². The van der Waals surface area contributed by atoms with Gasteiger partial charge in [-0.25, -0.2) is 0 Å². The van der Waals surface area contributed by atoms with Gasteiger partial charge in [-0.2, -0.15) is 5.20 Å². The van der Waals surface area contributed by atoms with Crippen molar-refractivity contribution in [3.8, 4) is 0 Å². The quantitative estimate of drug-likeness (QED) is 0.325. The molecule has 28 valence electrons. The third-order valence-corrected chi connectivity index (χ3v) is 0. The maximum Gasteiger partial charge on any atom is 0 e. The summed E-state index contributed by atoms with van der Waals surface area (Å²) in [4.78, 5) is 8.60. The Bertz CT molecular complexity index is 15.5. The molecular formula is CBrOPd-. The number of carbonyl (C=O) groups excluding carboxylic acids is 1. The molecule has 0 N–H and O–H groups in total. The van der Waals surface area contributed by atoms with E-state index in [1.165, 1.54) is 5.20 Å². The molecule has 0 aliphatic heterocycles. The monoisotopic (exact) mass is 213 g/mol. The molecule has 0 atom stereocenters. The number of hydrogen-bond acceptors (Lipinski definition) is 1. The number of halogens is 1. The third kappa shape index (κ3) is 14.0. The average Bonchev–Trinajstić information content (AvgIpc) is 0.918. The van der Waals surface area contributed by atoms with Crippen LogP contribution in [0.5, 0.6) is 0 Å². The topological polar surface area (TPSA) is 17.1 Å². The van der Waals surface area contributed by atoms with Crippen molar-refractivity contribution in [3.63, 3.8) is 0 Å². The molecule has 0 bridgehead atoms. The van der Waals surface area contributed by atoms with Crippen molar-refractivity contribution in [1.29, 1.82) is 0 Å². The fourth-order valence-corrected chi connectivity index (χ4v) is 0. The molecule has 0 aliphatic rings. The molecule has 0 unspecified atom stereocenters. The van der Waals surface area contributed by atoms with Gasteiger partial charge in [0.25, 0.3) is 0 Å². The van der Waals surface area contributed by atoms with E-state index in [0.717, 1.165) is 0 Å². The first-order valence-electron chi connectivity index (χ1n) is 0.393. The Kier molecular flexibility index (Phi) is 20.3. The van der Waals surface area contributed by atoms with E-state index in [0.29, 0.717) is 0 Å². The largest absolute Gasteiger partial charge is 0.530 e. The van der Waals surface area contributed by atoms with Gasteiger partial charge < -0.3 is 4.79 Å². The zero-order valence-corrected chi connectivity index (χ0v) is 4.74. The van der Waals surface area contributed by atoms with Crippen molar-refractivity contribution in [2.45, 2.75) is 0 Å². The Hall–Kier alpha value is 0.812. The minimum atomic E-state index is 0. The van der Waals surface area contributed by atoms with Crippen molar-refractivity contribution in [2.75, 3.05) is 0 Å². The zero-order chi connectivity index (χ0) is 2.71. The molecule has 0 fully saturated rings. The zero-order valence-electron chi connectivity index (χ0n) is 1.60. The maximum atomic E-state index is 8.60. The first-order chi connectivity index (χ1) is 1.41. The predicted octanol–water partition coefficient (Wildman–Crippen LogP) is 0.446. The van der Waals surface area contributed by atoms with Gasteiger partial charge in [-0.15, -0.1) is 0 Å². The van der Waals surface area contributed by atoms with E-state index in [1.807, 2.05) is 0 Å². The minimum Gasteiger partial charge on any atom is -0.530 e. The molecule has 0 aromatic carbocycles. The Morgan fingerprint density at radius 3 is 1.75 bits per heavy atom. The van der Waals surface area contributed by atoms with Crippen LogP contribution in [0.15, 0.2) is 0 Å². The summed E-state index contributed by atoms with van der Waals surface area (Å²) in [6.07, 6.45) is 0. The van der Waals surface area contributed by atoms with Crippen molar-refractivity contribution in [3.05, 3.63) is 0 Å². The van der Waals surface area contributed by atoms with E-state index in [4.69, 9.17) is 4.79 Å². The van der Waals surface area contributed by atoms with Crippen LogP contribution in [0.3, 0.4) is 0 Å². The summed E-state index contributed by atoms with van der Waals surface area (Å²) in [5, 5.41) is 1.31. The fourth-order valence-electron chi connectivity index (χ4n) is 0. The predicted molar refractivity (Wildman–Crippen MR) is 14.6 cm³/mol. The molecule has 3 heteroatoms. The smallest absolute Gasteiger partial charge is 0 e. The van der Waals surface area contributed by atoms with Crippen LogP contribution in [0.4, 0.5) is 0 Å². The Morgan fingerprint density at radius 2 is 1.75 bits per heavy atom. The normalized spacial score (nSPS) is 3.25. The van der Waals surface area contributed by atoms with Crippen molar-refractivity contribution in [2.24, 2.45) is 0 Å². The van der Waals surface area contributed by atoms with Crippen molar-refractivity contribution >= 4 is 21.1 Å². The van der Waals surface area contributed by atoms with Crippen LogP contribution in [0.2, 0.25) is 0 Å². The summed E-state index contributed by atoms with van der Waals surface area (Å²) in [6, 6.07) is 0. The Labute approximate surface area is 46.5 Å². The van der Waals surface area contributed by atoms with Gasteiger partial charge in [0.15, 0.2) is 0 Å². The van der Waals surface area contributed by atoms with Gasteiger partial charge in [-0.1, -0.05) is 0 Å². The van der Waals surface area contributed by atoms with Crippen molar-refractivity contribution < 1.29 is 25.2 Å². The summed E-state index contributed by atoms with van der Waals surface area (Å²) in [7, 11) is 0. The second-order valence-electron chi connectivity index (χ2n) is 0.0772. The standard InChI is InChI=1S/CBrO.Pd/c2-1-3;/q-1;. The summed E-state index contributed by atoms with van der Waals surface area (Å²) in [5.74, 6) is 0. The molecule has 0 amide bonds. The summed E-state index contributed by atoms with van der Waals surface area (Å²) in [6.45, 7) is 0. The first-order valence-corrected chi connectivity index (χ1v) is 1.19. The van der Waals surface area contributed by atoms with Crippen LogP contribution in [0, 0.1) is 0 Å². The van der Waals surface area contributed by atoms with Gasteiger partial charge in [0.2, 0.25) is 0 Å². The van der Waals surface area contributed by atoms with Gasteiger partial charge in [0.1, 0.15) is 0 Å². The number of rotatable bonds is 0. The summed E-state index contributed by atoms with van der Waals surface area (Å²) < 4.78 is 0. The van der Waals surface area contributed by atoms with Crippen LogP contribution in [-0.2, 0) is 25.2 Å². The molecule has 0 radical (unpaired) electrons. The van der Waals surface area contributed by atoms with Crippen LogP contribution in [-0.4, -0.2) is 5.20 Å². The summed E-state index contributed by atoms with van der Waals surface area (Å²) in [5.41, 5.74) is 0. The molecule has 0 saturated heterocycles. The summed E-state index contributed by atoms with van der Waals surface area (Å²) >= 11 is 2.34. The van der Waals surface area contributed by atoms with E-state index in [-0.39, 0.29) is 20.4 Å². The third-order valence-electron chi connectivity index (χ3n) is 0. The molecule has 1 nitrogen and oxygen atoms in total. The van der Waals surface area contributed by atoms with Gasteiger partial charge in [-0.3, -0.25) is 15.9 Å². The van der Waals surface area contributed by atoms with Gasteiger partial charge in [0, 0.05) is 20.4 Å². The fraction of sp³-hybridized carbons (Fsp3) is 0. The van der Waals surface area contributed by atoms with Gasteiger partial charge in [0.05, 0.1) is 0 Å². The van der Waals surface area contributed by atoms with Crippen LogP contribution >= 0.6 is 15.9 Å². The molecule has 0 rings (SSSR count). The van der Waals surface area contributed by atoms with E-state index < -0.39 is 0 Å². The van der Waals surface area contributed by atoms with E-state index in [9.17, 15) is 0 Å².